The van der Waals surface area contributed by atoms with Crippen LogP contribution in [-0.4, -0.2) is 67.1 Å². The van der Waals surface area contributed by atoms with Crippen LogP contribution in [0.25, 0.3) is 0 Å². The maximum absolute atomic E-state index is 13.0. The van der Waals surface area contributed by atoms with E-state index >= 15 is 0 Å². The highest BCUT2D eigenvalue weighted by Gasteiger charge is 2.37. The maximum atomic E-state index is 13.0. The molecule has 4 atom stereocenters. The molecule has 1 saturated heterocycles. The van der Waals surface area contributed by atoms with Crippen LogP contribution >= 0.6 is 0 Å². The molecule has 0 bridgehead atoms. The van der Waals surface area contributed by atoms with Crippen LogP contribution in [0.2, 0.25) is 0 Å². The molecule has 188 valence electrons. The fraction of sp³-hybridized carbons (Fsp3) is 0.500. The third-order valence-corrected chi connectivity index (χ3v) is 6.42. The zero-order chi connectivity index (χ0) is 24.8. The van der Waals surface area contributed by atoms with E-state index in [1.54, 1.807) is 0 Å². The normalized spacial score (nSPS) is 25.0. The minimum Gasteiger partial charge on any atom is -0.503 e. The first-order valence-electron chi connectivity index (χ1n) is 11.9. The highest BCUT2D eigenvalue weighted by atomic mass is 16.6. The number of pyridine rings is 1. The number of hydrogen-bond acceptors (Lipinski definition) is 8. The summed E-state index contributed by atoms with van der Waals surface area (Å²) in [5.74, 6) is -1.21. The number of carbonyl (C=O) groups excluding carboxylic acids is 2. The van der Waals surface area contributed by atoms with Gasteiger partial charge in [-0.1, -0.05) is 30.3 Å². The first-order valence-corrected chi connectivity index (χ1v) is 11.9. The van der Waals surface area contributed by atoms with Gasteiger partial charge in [-0.15, -0.1) is 0 Å². The highest BCUT2D eigenvalue weighted by molar-refractivity contribution is 5.98. The van der Waals surface area contributed by atoms with Gasteiger partial charge in [-0.2, -0.15) is 0 Å². The maximum Gasteiger partial charge on any atom is 0.331 e. The second kappa shape index (κ2) is 11.5. The first-order chi connectivity index (χ1) is 17.0. The number of esters is 1. The lowest BCUT2D eigenvalue weighted by Crippen LogP contribution is -2.46. The van der Waals surface area contributed by atoms with Gasteiger partial charge in [0.05, 0.1) is 26.4 Å². The first kappa shape index (κ1) is 24.9. The van der Waals surface area contributed by atoms with Crippen molar-refractivity contribution < 1.29 is 33.6 Å². The number of nitrogens with one attached hydrogen (secondary N) is 1. The second-order valence-electron chi connectivity index (χ2n) is 9.08. The molecule has 2 N–H and O–H groups in total. The van der Waals surface area contributed by atoms with E-state index in [1.807, 2.05) is 37.3 Å². The summed E-state index contributed by atoms with van der Waals surface area (Å²) in [6, 6.07) is 10.4. The Labute approximate surface area is 204 Å². The summed E-state index contributed by atoms with van der Waals surface area (Å²) in [4.78, 5) is 29.7. The Hall–Kier alpha value is -3.17. The van der Waals surface area contributed by atoms with Crippen LogP contribution in [0.3, 0.4) is 0 Å². The van der Waals surface area contributed by atoms with Crippen LogP contribution < -0.4 is 10.1 Å². The molecule has 35 heavy (non-hydrogen) atoms. The fourth-order valence-electron chi connectivity index (χ4n) is 4.14. The van der Waals surface area contributed by atoms with Gasteiger partial charge in [-0.3, -0.25) is 4.79 Å². The lowest BCUT2D eigenvalue weighted by molar-refractivity contribution is -0.155. The minimum atomic E-state index is -1.07. The van der Waals surface area contributed by atoms with Crippen molar-refractivity contribution in [2.75, 3.05) is 26.9 Å². The van der Waals surface area contributed by atoms with Gasteiger partial charge in [0.1, 0.15) is 6.10 Å². The van der Waals surface area contributed by atoms with Gasteiger partial charge < -0.3 is 29.4 Å². The number of amides is 1. The number of carbonyl (C=O) groups is 2. The molecule has 2 heterocycles. The standard InChI is InChI=1S/C26H32N2O7/c1-16-19(12-17-6-4-3-5-7-17)22(34-13-18-8-9-18)15-33-14-20(26(31)35-16)28-25(30)23-24(29)21(32-2)10-11-27-23/h3-7,10-11,16,18-20,22,29H,8-9,12-15H2,1-2H3,(H,28,30). The number of benzene rings is 1. The van der Waals surface area contributed by atoms with Crippen molar-refractivity contribution in [1.82, 2.24) is 10.3 Å². The molecule has 0 spiro atoms. The number of methoxy groups -OCH3 is 1. The molecular formula is C26H32N2O7. The molecule has 1 aliphatic carbocycles. The number of nitrogens with zero attached hydrogens (tertiary/aromatic N) is 1. The smallest absolute Gasteiger partial charge is 0.331 e. The summed E-state index contributed by atoms with van der Waals surface area (Å²) in [6.07, 6.45) is 3.59. The van der Waals surface area contributed by atoms with E-state index in [1.165, 1.54) is 32.2 Å². The van der Waals surface area contributed by atoms with Gasteiger partial charge in [0.2, 0.25) is 0 Å². The van der Waals surface area contributed by atoms with Crippen LogP contribution in [0.4, 0.5) is 0 Å². The largest absolute Gasteiger partial charge is 0.503 e. The highest BCUT2D eigenvalue weighted by Crippen LogP contribution is 2.31. The van der Waals surface area contributed by atoms with Crippen molar-refractivity contribution in [3.8, 4) is 11.5 Å². The SMILES string of the molecule is COc1ccnc(C(=O)NC2COCC(OCC3CC3)C(Cc3ccccc3)C(C)OC2=O)c1O. The Bertz CT molecular complexity index is 1010. The van der Waals surface area contributed by atoms with Crippen LogP contribution in [-0.2, 0) is 25.4 Å². The van der Waals surface area contributed by atoms with Gasteiger partial charge in [0.25, 0.3) is 5.91 Å². The summed E-state index contributed by atoms with van der Waals surface area (Å²) in [7, 11) is 1.37. The number of hydrogen-bond donors (Lipinski definition) is 2. The van der Waals surface area contributed by atoms with E-state index in [0.29, 0.717) is 18.9 Å². The molecule has 1 aromatic heterocycles. The molecule has 2 fully saturated rings. The molecule has 1 amide bonds. The molecule has 2 aromatic rings. The Kier molecular flexibility index (Phi) is 8.20. The monoisotopic (exact) mass is 484 g/mol. The average molecular weight is 485 g/mol. The Morgan fingerprint density at radius 3 is 2.69 bits per heavy atom. The summed E-state index contributed by atoms with van der Waals surface area (Å²) < 4.78 is 23.0. The molecular weight excluding hydrogens is 452 g/mol. The van der Waals surface area contributed by atoms with E-state index in [2.05, 4.69) is 10.3 Å². The zero-order valence-corrected chi connectivity index (χ0v) is 20.0. The Morgan fingerprint density at radius 2 is 1.97 bits per heavy atom. The van der Waals surface area contributed by atoms with Gasteiger partial charge in [0.15, 0.2) is 23.2 Å². The number of cyclic esters (lactones) is 1. The third-order valence-electron chi connectivity index (χ3n) is 6.42. The Morgan fingerprint density at radius 1 is 1.20 bits per heavy atom. The van der Waals surface area contributed by atoms with Gasteiger partial charge >= 0.3 is 5.97 Å². The number of rotatable bonds is 8. The summed E-state index contributed by atoms with van der Waals surface area (Å²) in [5.41, 5.74) is 0.863. The molecule has 9 nitrogen and oxygen atoms in total. The summed E-state index contributed by atoms with van der Waals surface area (Å²) in [5, 5.41) is 12.8. The van der Waals surface area contributed by atoms with Crippen LogP contribution in [0.1, 0.15) is 35.8 Å². The number of aromatic hydroxyl groups is 1. The predicted octanol–water partition coefficient (Wildman–Crippen LogP) is 2.51. The van der Waals surface area contributed by atoms with Gasteiger partial charge in [-0.25, -0.2) is 9.78 Å². The molecule has 2 aliphatic rings. The van der Waals surface area contributed by atoms with Crippen molar-refractivity contribution >= 4 is 11.9 Å². The third kappa shape index (κ3) is 6.49. The molecule has 1 saturated carbocycles. The Balaban J connectivity index is 1.49. The summed E-state index contributed by atoms with van der Waals surface area (Å²) in [6.45, 7) is 2.67. The van der Waals surface area contributed by atoms with Crippen molar-refractivity contribution in [2.24, 2.45) is 11.8 Å². The van der Waals surface area contributed by atoms with Crippen molar-refractivity contribution in [3.63, 3.8) is 0 Å². The molecule has 1 aliphatic heterocycles. The van der Waals surface area contributed by atoms with E-state index in [0.717, 1.165) is 5.56 Å². The molecule has 0 radical (unpaired) electrons. The second-order valence-corrected chi connectivity index (χ2v) is 9.08. The minimum absolute atomic E-state index is 0.0939. The van der Waals surface area contributed by atoms with Gasteiger partial charge in [0, 0.05) is 24.8 Å². The lowest BCUT2D eigenvalue weighted by Gasteiger charge is -2.31. The van der Waals surface area contributed by atoms with E-state index in [4.69, 9.17) is 18.9 Å². The van der Waals surface area contributed by atoms with Crippen molar-refractivity contribution in [2.45, 2.75) is 44.4 Å². The van der Waals surface area contributed by atoms with Crippen LogP contribution in [0, 0.1) is 11.8 Å². The molecule has 4 unspecified atom stereocenters. The fourth-order valence-corrected chi connectivity index (χ4v) is 4.14. The van der Waals surface area contributed by atoms with Crippen LogP contribution in [0.15, 0.2) is 42.6 Å². The average Bonchev–Trinajstić information content (AvgIpc) is 3.68. The van der Waals surface area contributed by atoms with Crippen LogP contribution in [0.5, 0.6) is 11.5 Å². The number of aromatic nitrogens is 1. The lowest BCUT2D eigenvalue weighted by atomic mass is 9.89. The molecule has 1 aromatic carbocycles. The van der Waals surface area contributed by atoms with Gasteiger partial charge in [-0.05, 0) is 37.7 Å². The quantitative estimate of drug-likeness (QED) is 0.549. The topological polar surface area (TPSA) is 116 Å². The summed E-state index contributed by atoms with van der Waals surface area (Å²) >= 11 is 0. The predicted molar refractivity (Wildman–Crippen MR) is 126 cm³/mol. The zero-order valence-electron chi connectivity index (χ0n) is 20.0. The van der Waals surface area contributed by atoms with E-state index in [9.17, 15) is 14.7 Å². The molecule has 4 rings (SSSR count). The van der Waals surface area contributed by atoms with Crippen molar-refractivity contribution in [3.05, 3.63) is 53.9 Å². The molecule has 9 heteroatoms. The van der Waals surface area contributed by atoms with E-state index in [-0.39, 0.29) is 36.7 Å². The van der Waals surface area contributed by atoms with E-state index < -0.39 is 29.8 Å². The van der Waals surface area contributed by atoms with Crippen molar-refractivity contribution in [1.29, 1.82) is 0 Å². The number of ether oxygens (including phenoxy) is 4.